The second kappa shape index (κ2) is 5.72. The van der Waals surface area contributed by atoms with Crippen LogP contribution in [0.2, 0.25) is 5.02 Å². The quantitative estimate of drug-likeness (QED) is 0.868. The van der Waals surface area contributed by atoms with Gasteiger partial charge >= 0.3 is 0 Å². The van der Waals surface area contributed by atoms with Gasteiger partial charge in [-0.1, -0.05) is 49.7 Å². The van der Waals surface area contributed by atoms with Crippen molar-refractivity contribution in [2.45, 2.75) is 25.8 Å². The molecule has 2 aromatic carbocycles. The van der Waals surface area contributed by atoms with Crippen molar-refractivity contribution in [3.63, 3.8) is 0 Å². The molecule has 0 spiro atoms. The predicted octanol–water partition coefficient (Wildman–Crippen LogP) is 4.65. The maximum atomic E-state index is 13.8. The first-order chi connectivity index (χ1) is 8.99. The zero-order valence-electron chi connectivity index (χ0n) is 11.0. The fraction of sp³-hybridized carbons (Fsp3) is 0.250. The van der Waals surface area contributed by atoms with Crippen molar-refractivity contribution in [1.82, 2.24) is 0 Å². The smallest absolute Gasteiger partial charge is 0.128 e. The molecule has 2 rings (SSSR count). The van der Waals surface area contributed by atoms with Crippen LogP contribution in [0, 0.1) is 5.82 Å². The fourth-order valence-corrected chi connectivity index (χ4v) is 2.20. The summed E-state index contributed by atoms with van der Waals surface area (Å²) >= 11 is 5.89. The first-order valence-electron chi connectivity index (χ1n) is 6.29. The van der Waals surface area contributed by atoms with Crippen LogP contribution in [0.5, 0.6) is 0 Å². The van der Waals surface area contributed by atoms with Gasteiger partial charge < -0.3 is 5.73 Å². The van der Waals surface area contributed by atoms with Crippen LogP contribution >= 0.6 is 11.6 Å². The molecule has 100 valence electrons. The molecule has 0 bridgehead atoms. The van der Waals surface area contributed by atoms with E-state index in [1.807, 2.05) is 24.3 Å². The highest BCUT2D eigenvalue weighted by molar-refractivity contribution is 6.30. The first kappa shape index (κ1) is 14.0. The van der Waals surface area contributed by atoms with Crippen LogP contribution in [0.25, 0.3) is 0 Å². The highest BCUT2D eigenvalue weighted by Crippen LogP contribution is 2.26. The summed E-state index contributed by atoms with van der Waals surface area (Å²) in [5.74, 6) is 0.137. The first-order valence-corrected chi connectivity index (χ1v) is 6.67. The monoisotopic (exact) mass is 277 g/mol. The van der Waals surface area contributed by atoms with Crippen molar-refractivity contribution < 1.29 is 4.39 Å². The lowest BCUT2D eigenvalue weighted by molar-refractivity contribution is 0.599. The molecule has 0 amide bonds. The minimum absolute atomic E-state index is 0.329. The average molecular weight is 278 g/mol. The highest BCUT2D eigenvalue weighted by atomic mass is 35.5. The summed E-state index contributed by atoms with van der Waals surface area (Å²) in [6, 6.07) is 11.9. The molecule has 0 aliphatic carbocycles. The molecule has 0 heterocycles. The summed E-state index contributed by atoms with van der Waals surface area (Å²) in [6.07, 6.45) is 0. The van der Waals surface area contributed by atoms with E-state index in [2.05, 4.69) is 13.8 Å². The highest BCUT2D eigenvalue weighted by Gasteiger charge is 2.14. The van der Waals surface area contributed by atoms with E-state index >= 15 is 0 Å². The van der Waals surface area contributed by atoms with Gasteiger partial charge in [-0.2, -0.15) is 0 Å². The van der Waals surface area contributed by atoms with Crippen molar-refractivity contribution >= 4 is 11.6 Å². The average Bonchev–Trinajstić information content (AvgIpc) is 2.41. The van der Waals surface area contributed by atoms with Gasteiger partial charge in [0.1, 0.15) is 5.82 Å². The second-order valence-corrected chi connectivity index (χ2v) is 5.40. The fourth-order valence-electron chi connectivity index (χ4n) is 2.02. The van der Waals surface area contributed by atoms with Crippen molar-refractivity contribution in [3.8, 4) is 0 Å². The molecule has 0 aliphatic rings. The SMILES string of the molecule is CC(C)c1ccc(C(N)c2cc(Cl)ccc2F)cc1. The molecule has 1 atom stereocenters. The van der Waals surface area contributed by atoms with Gasteiger partial charge in [0.15, 0.2) is 0 Å². The van der Waals surface area contributed by atoms with Gasteiger partial charge in [-0.25, -0.2) is 4.39 Å². The molecule has 1 nitrogen and oxygen atoms in total. The van der Waals surface area contributed by atoms with Crippen LogP contribution in [0.15, 0.2) is 42.5 Å². The van der Waals surface area contributed by atoms with E-state index in [4.69, 9.17) is 17.3 Å². The topological polar surface area (TPSA) is 26.0 Å². The molecule has 19 heavy (non-hydrogen) atoms. The summed E-state index contributed by atoms with van der Waals surface area (Å²) < 4.78 is 13.8. The minimum atomic E-state index is -0.500. The third-order valence-corrected chi connectivity index (χ3v) is 3.49. The normalized spacial score (nSPS) is 12.7. The van der Waals surface area contributed by atoms with E-state index in [-0.39, 0.29) is 5.82 Å². The number of rotatable bonds is 3. The molecule has 0 saturated carbocycles. The van der Waals surface area contributed by atoms with E-state index in [0.29, 0.717) is 16.5 Å². The number of hydrogen-bond acceptors (Lipinski definition) is 1. The Balaban J connectivity index is 2.33. The van der Waals surface area contributed by atoms with Gasteiger partial charge in [0.05, 0.1) is 6.04 Å². The molecule has 0 saturated heterocycles. The maximum absolute atomic E-state index is 13.8. The number of nitrogens with two attached hydrogens (primary N) is 1. The Hall–Kier alpha value is -1.38. The lowest BCUT2D eigenvalue weighted by atomic mass is 9.95. The van der Waals surface area contributed by atoms with E-state index < -0.39 is 6.04 Å². The third kappa shape index (κ3) is 3.14. The zero-order valence-corrected chi connectivity index (χ0v) is 11.8. The van der Waals surface area contributed by atoms with Gasteiger partial charge in [-0.05, 0) is 35.2 Å². The Kier molecular flexibility index (Phi) is 4.23. The molecule has 2 N–H and O–H groups in total. The molecule has 2 aromatic rings. The summed E-state index contributed by atoms with van der Waals surface area (Å²) in [5.41, 5.74) is 8.65. The largest absolute Gasteiger partial charge is 0.320 e. The van der Waals surface area contributed by atoms with E-state index in [1.54, 1.807) is 6.07 Å². The molecule has 0 radical (unpaired) electrons. The summed E-state index contributed by atoms with van der Waals surface area (Å²) in [6.45, 7) is 4.26. The zero-order chi connectivity index (χ0) is 14.0. The summed E-state index contributed by atoms with van der Waals surface area (Å²) in [5, 5.41) is 0.491. The molecule has 0 aromatic heterocycles. The Morgan fingerprint density at radius 2 is 1.58 bits per heavy atom. The van der Waals surface area contributed by atoms with Crippen molar-refractivity contribution in [2.75, 3.05) is 0 Å². The standard InChI is InChI=1S/C16H17ClFN/c1-10(2)11-3-5-12(6-4-11)16(19)14-9-13(17)7-8-15(14)18/h3-10,16H,19H2,1-2H3. The molecular formula is C16H17ClFN. The van der Waals surface area contributed by atoms with E-state index in [9.17, 15) is 4.39 Å². The molecular weight excluding hydrogens is 261 g/mol. The molecule has 0 aliphatic heterocycles. The summed E-state index contributed by atoms with van der Waals surface area (Å²) in [7, 11) is 0. The van der Waals surface area contributed by atoms with Crippen molar-refractivity contribution in [2.24, 2.45) is 5.73 Å². The second-order valence-electron chi connectivity index (χ2n) is 4.96. The molecule has 1 unspecified atom stereocenters. The van der Waals surface area contributed by atoms with Crippen molar-refractivity contribution in [3.05, 3.63) is 70.0 Å². The van der Waals surface area contributed by atoms with E-state index in [1.165, 1.54) is 17.7 Å². The Labute approximate surface area is 118 Å². The van der Waals surface area contributed by atoms with Crippen LogP contribution in [0.4, 0.5) is 4.39 Å². The summed E-state index contributed by atoms with van der Waals surface area (Å²) in [4.78, 5) is 0. The number of hydrogen-bond donors (Lipinski definition) is 1. The third-order valence-electron chi connectivity index (χ3n) is 3.26. The van der Waals surface area contributed by atoms with Crippen LogP contribution in [-0.4, -0.2) is 0 Å². The maximum Gasteiger partial charge on any atom is 0.128 e. The van der Waals surface area contributed by atoms with Crippen LogP contribution in [0.1, 0.15) is 42.5 Å². The lowest BCUT2D eigenvalue weighted by Gasteiger charge is -2.15. The van der Waals surface area contributed by atoms with Gasteiger partial charge in [0.25, 0.3) is 0 Å². The number of benzene rings is 2. The molecule has 3 heteroatoms. The van der Waals surface area contributed by atoms with Crippen LogP contribution < -0.4 is 5.73 Å². The Bertz CT molecular complexity index is 563. The Morgan fingerprint density at radius 3 is 2.16 bits per heavy atom. The van der Waals surface area contributed by atoms with Crippen molar-refractivity contribution in [1.29, 1.82) is 0 Å². The van der Waals surface area contributed by atoms with Crippen LogP contribution in [0.3, 0.4) is 0 Å². The van der Waals surface area contributed by atoms with Gasteiger partial charge in [-0.3, -0.25) is 0 Å². The number of halogens is 2. The van der Waals surface area contributed by atoms with Gasteiger partial charge in [0.2, 0.25) is 0 Å². The Morgan fingerprint density at radius 1 is 1.00 bits per heavy atom. The lowest BCUT2D eigenvalue weighted by Crippen LogP contribution is -2.13. The van der Waals surface area contributed by atoms with Gasteiger partial charge in [0, 0.05) is 10.6 Å². The minimum Gasteiger partial charge on any atom is -0.320 e. The predicted molar refractivity (Wildman–Crippen MR) is 78.0 cm³/mol. The van der Waals surface area contributed by atoms with E-state index in [0.717, 1.165) is 5.56 Å². The van der Waals surface area contributed by atoms with Gasteiger partial charge in [-0.15, -0.1) is 0 Å². The van der Waals surface area contributed by atoms with Crippen LogP contribution in [-0.2, 0) is 0 Å². The molecule has 0 fully saturated rings.